The van der Waals surface area contributed by atoms with E-state index in [1.165, 1.54) is 0 Å². The fourth-order valence-electron chi connectivity index (χ4n) is 3.29. The van der Waals surface area contributed by atoms with E-state index in [0.717, 1.165) is 23.7 Å². The van der Waals surface area contributed by atoms with Crippen LogP contribution in [0.2, 0.25) is 0 Å². The maximum absolute atomic E-state index is 12.5. The van der Waals surface area contributed by atoms with E-state index in [1.807, 2.05) is 28.5 Å². The molecule has 4 rings (SSSR count). The van der Waals surface area contributed by atoms with Gasteiger partial charge >= 0.3 is 5.76 Å². The minimum atomic E-state index is -0.365. The molecule has 7 nitrogen and oxygen atoms in total. The van der Waals surface area contributed by atoms with Crippen molar-refractivity contribution in [3.8, 4) is 0 Å². The van der Waals surface area contributed by atoms with Crippen molar-refractivity contribution in [3.63, 3.8) is 0 Å². The van der Waals surface area contributed by atoms with Gasteiger partial charge in [-0.3, -0.25) is 9.36 Å². The van der Waals surface area contributed by atoms with Crippen molar-refractivity contribution in [3.05, 3.63) is 46.4 Å². The minimum absolute atomic E-state index is 0.143. The number of carbonyl (C=O) groups is 1. The number of hydrogen-bond donors (Lipinski definition) is 0. The Labute approximate surface area is 154 Å². The highest BCUT2D eigenvalue weighted by Crippen LogP contribution is 2.19. The van der Waals surface area contributed by atoms with Crippen molar-refractivity contribution >= 4 is 33.5 Å². The molecule has 26 heavy (non-hydrogen) atoms. The van der Waals surface area contributed by atoms with E-state index in [-0.39, 0.29) is 11.7 Å². The molecule has 1 saturated heterocycles. The first-order valence-electron chi connectivity index (χ1n) is 8.73. The third-order valence-electron chi connectivity index (χ3n) is 4.67. The first-order valence-corrected chi connectivity index (χ1v) is 9.61. The lowest BCUT2D eigenvalue weighted by Gasteiger charge is -2.34. The predicted octanol–water partition coefficient (Wildman–Crippen LogP) is 2.18. The zero-order valence-electron chi connectivity index (χ0n) is 14.3. The molecule has 0 spiro atoms. The highest BCUT2D eigenvalue weighted by molar-refractivity contribution is 7.13. The molecule has 8 heteroatoms. The Hall–Kier alpha value is -2.61. The fraction of sp³-hybridized carbons (Fsp3) is 0.389. The van der Waals surface area contributed by atoms with E-state index in [2.05, 4.69) is 9.88 Å². The topological polar surface area (TPSA) is 71.6 Å². The van der Waals surface area contributed by atoms with Crippen LogP contribution < -0.4 is 10.7 Å². The Morgan fingerprint density at radius 1 is 1.19 bits per heavy atom. The van der Waals surface area contributed by atoms with E-state index in [9.17, 15) is 9.59 Å². The molecule has 0 unspecified atom stereocenters. The second-order valence-corrected chi connectivity index (χ2v) is 7.15. The summed E-state index contributed by atoms with van der Waals surface area (Å²) < 4.78 is 6.82. The largest absolute Gasteiger partial charge is 0.419 e. The number of hydrogen-bond acceptors (Lipinski definition) is 6. The lowest BCUT2D eigenvalue weighted by Crippen LogP contribution is -2.48. The summed E-state index contributed by atoms with van der Waals surface area (Å²) in [7, 11) is 0. The molecule has 3 aromatic rings. The number of anilines is 1. The quantitative estimate of drug-likeness (QED) is 0.686. The number of carbonyl (C=O) groups excluding carboxylic acids is 1. The average molecular weight is 372 g/mol. The number of aromatic nitrogens is 2. The van der Waals surface area contributed by atoms with Crippen LogP contribution in [0.4, 0.5) is 5.13 Å². The summed E-state index contributed by atoms with van der Waals surface area (Å²) in [5.41, 5.74) is 1.36. The highest BCUT2D eigenvalue weighted by Gasteiger charge is 2.22. The minimum Gasteiger partial charge on any atom is -0.408 e. The van der Waals surface area contributed by atoms with Crippen LogP contribution >= 0.6 is 11.3 Å². The van der Waals surface area contributed by atoms with E-state index >= 15 is 0 Å². The van der Waals surface area contributed by atoms with Gasteiger partial charge in [0.1, 0.15) is 0 Å². The molecule has 0 bridgehead atoms. The first-order chi connectivity index (χ1) is 12.7. The number of rotatable bonds is 5. The summed E-state index contributed by atoms with van der Waals surface area (Å²) in [4.78, 5) is 32.8. The van der Waals surface area contributed by atoms with Crippen molar-refractivity contribution < 1.29 is 9.21 Å². The van der Waals surface area contributed by atoms with Crippen molar-refractivity contribution in [1.29, 1.82) is 0 Å². The molecule has 0 aliphatic carbocycles. The van der Waals surface area contributed by atoms with Crippen LogP contribution in [0.3, 0.4) is 0 Å². The monoisotopic (exact) mass is 372 g/mol. The molecule has 0 N–H and O–H groups in total. The van der Waals surface area contributed by atoms with Gasteiger partial charge in [0.05, 0.1) is 5.52 Å². The molecule has 1 amide bonds. The first kappa shape index (κ1) is 16.8. The van der Waals surface area contributed by atoms with Crippen molar-refractivity contribution in [1.82, 2.24) is 14.5 Å². The SMILES string of the molecule is O=C(CCCn1c(=O)oc2ccccc21)N1CCN(c2nccs2)CC1. The molecule has 1 aromatic carbocycles. The summed E-state index contributed by atoms with van der Waals surface area (Å²) in [5, 5.41) is 2.98. The van der Waals surface area contributed by atoms with Gasteiger partial charge in [0.25, 0.3) is 0 Å². The maximum atomic E-state index is 12.5. The summed E-state index contributed by atoms with van der Waals surface area (Å²) in [6.07, 6.45) is 2.86. The van der Waals surface area contributed by atoms with Crippen LogP contribution in [0.5, 0.6) is 0 Å². The molecular formula is C18H20N4O3S. The highest BCUT2D eigenvalue weighted by atomic mass is 32.1. The average Bonchev–Trinajstić information content (AvgIpc) is 3.30. The lowest BCUT2D eigenvalue weighted by molar-refractivity contribution is -0.131. The Kier molecular flexibility index (Phi) is 4.75. The van der Waals surface area contributed by atoms with Gasteiger partial charge < -0.3 is 14.2 Å². The molecule has 1 aliphatic heterocycles. The molecule has 0 atom stereocenters. The third kappa shape index (κ3) is 3.37. The van der Waals surface area contributed by atoms with Gasteiger partial charge in [-0.15, -0.1) is 11.3 Å². The van der Waals surface area contributed by atoms with Gasteiger partial charge in [0.15, 0.2) is 10.7 Å². The van der Waals surface area contributed by atoms with Crippen molar-refractivity contribution in [2.45, 2.75) is 19.4 Å². The van der Waals surface area contributed by atoms with Gasteiger partial charge in [-0.25, -0.2) is 9.78 Å². The number of oxazole rings is 1. The van der Waals surface area contributed by atoms with Gasteiger partial charge in [-0.05, 0) is 18.6 Å². The number of nitrogens with zero attached hydrogens (tertiary/aromatic N) is 4. The Morgan fingerprint density at radius 2 is 2.00 bits per heavy atom. The normalized spacial score (nSPS) is 14.9. The Bertz CT molecular complexity index is 939. The molecule has 0 saturated carbocycles. The molecule has 0 radical (unpaired) electrons. The third-order valence-corrected chi connectivity index (χ3v) is 5.50. The van der Waals surface area contributed by atoms with Crippen LogP contribution in [0.15, 0.2) is 45.1 Å². The number of piperazine rings is 1. The van der Waals surface area contributed by atoms with Crippen LogP contribution in [0.1, 0.15) is 12.8 Å². The van der Waals surface area contributed by atoms with Crippen molar-refractivity contribution in [2.24, 2.45) is 0 Å². The second kappa shape index (κ2) is 7.33. The van der Waals surface area contributed by atoms with Gasteiger partial charge in [0, 0.05) is 50.7 Å². The zero-order valence-corrected chi connectivity index (χ0v) is 15.2. The van der Waals surface area contributed by atoms with Gasteiger partial charge in [-0.2, -0.15) is 0 Å². The summed E-state index contributed by atoms with van der Waals surface area (Å²) in [5.74, 6) is -0.222. The van der Waals surface area contributed by atoms with Crippen molar-refractivity contribution in [2.75, 3.05) is 31.1 Å². The second-order valence-electron chi connectivity index (χ2n) is 6.27. The smallest absolute Gasteiger partial charge is 0.408 e. The maximum Gasteiger partial charge on any atom is 0.419 e. The Balaban J connectivity index is 1.29. The summed E-state index contributed by atoms with van der Waals surface area (Å²) >= 11 is 1.62. The predicted molar refractivity (Wildman–Crippen MR) is 101 cm³/mol. The van der Waals surface area contributed by atoms with Crippen LogP contribution in [-0.2, 0) is 11.3 Å². The Morgan fingerprint density at radius 3 is 2.77 bits per heavy atom. The fourth-order valence-corrected chi connectivity index (χ4v) is 3.99. The summed E-state index contributed by atoms with van der Waals surface area (Å²) in [6.45, 7) is 3.54. The van der Waals surface area contributed by atoms with Crippen LogP contribution in [0, 0.1) is 0 Å². The van der Waals surface area contributed by atoms with Crippen LogP contribution in [0.25, 0.3) is 11.1 Å². The zero-order chi connectivity index (χ0) is 17.9. The number of para-hydroxylation sites is 2. The molecule has 3 heterocycles. The molecular weight excluding hydrogens is 352 g/mol. The number of amides is 1. The number of aryl methyl sites for hydroxylation is 1. The standard InChI is InChI=1S/C18H20N4O3S/c23-16(20-9-11-21(12-10-20)17-19-7-13-26-17)6-3-8-22-14-4-1-2-5-15(14)25-18(22)24/h1-2,4-5,7,13H,3,6,8-12H2. The lowest BCUT2D eigenvalue weighted by atomic mass is 10.2. The van der Waals surface area contributed by atoms with Gasteiger partial charge in [0.2, 0.25) is 5.91 Å². The number of fused-ring (bicyclic) bond motifs is 1. The molecule has 136 valence electrons. The molecule has 1 aliphatic rings. The number of thiazole rings is 1. The van der Waals surface area contributed by atoms with Crippen LogP contribution in [-0.4, -0.2) is 46.5 Å². The van der Waals surface area contributed by atoms with Gasteiger partial charge in [-0.1, -0.05) is 12.1 Å². The van der Waals surface area contributed by atoms with E-state index < -0.39 is 0 Å². The van der Waals surface area contributed by atoms with E-state index in [4.69, 9.17) is 4.42 Å². The van der Waals surface area contributed by atoms with E-state index in [1.54, 1.807) is 28.2 Å². The molecule has 1 fully saturated rings. The number of benzene rings is 1. The molecule has 2 aromatic heterocycles. The van der Waals surface area contributed by atoms with E-state index in [0.29, 0.717) is 38.1 Å². The summed E-state index contributed by atoms with van der Waals surface area (Å²) in [6, 6.07) is 7.35.